The molecule has 0 aromatic carbocycles. The Morgan fingerprint density at radius 1 is 1.36 bits per heavy atom. The molecule has 1 rings (SSSR count). The second kappa shape index (κ2) is 8.30. The molecule has 0 fully saturated rings. The fourth-order valence-corrected chi connectivity index (χ4v) is 2.25. The first-order valence-electron chi connectivity index (χ1n) is 7.76. The summed E-state index contributed by atoms with van der Waals surface area (Å²) in [6.45, 7) is 7.59. The fraction of sp³-hybridized carbons (Fsp3) is 0.611. The highest BCUT2D eigenvalue weighted by atomic mass is 16.5. The zero-order valence-electron chi connectivity index (χ0n) is 14.2. The number of carbonyl (C=O) groups is 1. The van der Waals surface area contributed by atoms with E-state index in [1.54, 1.807) is 26.2 Å². The first-order valence-corrected chi connectivity index (χ1v) is 7.76. The molecule has 1 N–H and O–H groups in total. The summed E-state index contributed by atoms with van der Waals surface area (Å²) in [5.74, 6) is -0.165. The summed E-state index contributed by atoms with van der Waals surface area (Å²) in [6.07, 6.45) is 9.78. The number of cyclic esters (lactones) is 1. The van der Waals surface area contributed by atoms with Gasteiger partial charge in [-0.2, -0.15) is 0 Å². The molecule has 0 saturated heterocycles. The number of hydrogen-bond donors (Lipinski definition) is 1. The molecule has 0 aromatic heterocycles. The topological polar surface area (TPSA) is 55.8 Å². The third-order valence-corrected chi connectivity index (χ3v) is 4.06. The summed E-state index contributed by atoms with van der Waals surface area (Å²) >= 11 is 0. The van der Waals surface area contributed by atoms with Gasteiger partial charge in [0.2, 0.25) is 0 Å². The zero-order chi connectivity index (χ0) is 16.8. The Hall–Kier alpha value is -1.39. The molecule has 1 aliphatic rings. The van der Waals surface area contributed by atoms with E-state index in [9.17, 15) is 9.90 Å². The molecule has 22 heavy (non-hydrogen) atoms. The smallest absolute Gasteiger partial charge is 0.330 e. The van der Waals surface area contributed by atoms with E-state index in [2.05, 4.69) is 13.0 Å². The normalized spacial score (nSPS) is 40.0. The van der Waals surface area contributed by atoms with Gasteiger partial charge in [0.25, 0.3) is 0 Å². The van der Waals surface area contributed by atoms with Crippen LogP contribution in [0.25, 0.3) is 0 Å². The molecule has 1 aliphatic heterocycles. The summed E-state index contributed by atoms with van der Waals surface area (Å²) in [4.78, 5) is 11.8. The second-order valence-corrected chi connectivity index (χ2v) is 6.22. The first-order chi connectivity index (χ1) is 10.2. The SMILES string of the molecule is CO[C@H]1/C=C\[C@@](C)(O)/C=C\C(=O)O[C@H](C)[C@@H](C)CC/C=C\1C. The lowest BCUT2D eigenvalue weighted by atomic mass is 9.97. The van der Waals surface area contributed by atoms with Crippen molar-refractivity contribution in [2.24, 2.45) is 5.92 Å². The van der Waals surface area contributed by atoms with E-state index in [0.717, 1.165) is 18.4 Å². The number of aliphatic hydroxyl groups is 1. The summed E-state index contributed by atoms with van der Waals surface area (Å²) in [7, 11) is 1.64. The maximum atomic E-state index is 11.8. The summed E-state index contributed by atoms with van der Waals surface area (Å²) in [6, 6.07) is 0. The number of esters is 1. The van der Waals surface area contributed by atoms with Gasteiger partial charge in [0.15, 0.2) is 0 Å². The molecule has 0 unspecified atom stereocenters. The van der Waals surface area contributed by atoms with Crippen molar-refractivity contribution in [3.05, 3.63) is 36.0 Å². The molecule has 0 radical (unpaired) electrons. The molecule has 0 spiro atoms. The van der Waals surface area contributed by atoms with Crippen molar-refractivity contribution in [3.8, 4) is 0 Å². The Labute approximate surface area is 133 Å². The van der Waals surface area contributed by atoms with Gasteiger partial charge in [-0.1, -0.05) is 25.2 Å². The number of methoxy groups -OCH3 is 1. The van der Waals surface area contributed by atoms with Crippen LogP contribution >= 0.6 is 0 Å². The van der Waals surface area contributed by atoms with Gasteiger partial charge in [-0.15, -0.1) is 0 Å². The molecule has 1 heterocycles. The molecule has 4 heteroatoms. The van der Waals surface area contributed by atoms with E-state index in [1.807, 2.05) is 13.8 Å². The van der Waals surface area contributed by atoms with Crippen LogP contribution in [0, 0.1) is 5.92 Å². The van der Waals surface area contributed by atoms with Gasteiger partial charge < -0.3 is 14.6 Å². The minimum Gasteiger partial charge on any atom is -0.459 e. The monoisotopic (exact) mass is 308 g/mol. The summed E-state index contributed by atoms with van der Waals surface area (Å²) in [5.41, 5.74) is -0.123. The van der Waals surface area contributed by atoms with Crippen LogP contribution in [-0.2, 0) is 14.3 Å². The lowest BCUT2D eigenvalue weighted by Crippen LogP contribution is -2.23. The van der Waals surface area contributed by atoms with Crippen LogP contribution in [0.5, 0.6) is 0 Å². The maximum Gasteiger partial charge on any atom is 0.330 e. The highest BCUT2D eigenvalue weighted by Crippen LogP contribution is 2.19. The van der Waals surface area contributed by atoms with Crippen LogP contribution < -0.4 is 0 Å². The van der Waals surface area contributed by atoms with Crippen molar-refractivity contribution in [1.29, 1.82) is 0 Å². The minimum atomic E-state index is -1.23. The Balaban J connectivity index is 3.04. The molecule has 0 amide bonds. The molecule has 0 aliphatic carbocycles. The Bertz CT molecular complexity index is 460. The highest BCUT2D eigenvalue weighted by molar-refractivity contribution is 5.82. The van der Waals surface area contributed by atoms with E-state index in [0.29, 0.717) is 0 Å². The second-order valence-electron chi connectivity index (χ2n) is 6.22. The van der Waals surface area contributed by atoms with Gasteiger partial charge in [0.05, 0.1) is 11.7 Å². The van der Waals surface area contributed by atoms with Gasteiger partial charge in [0, 0.05) is 13.2 Å². The largest absolute Gasteiger partial charge is 0.459 e. The van der Waals surface area contributed by atoms with E-state index in [-0.39, 0.29) is 18.1 Å². The zero-order valence-corrected chi connectivity index (χ0v) is 14.2. The van der Waals surface area contributed by atoms with Crippen molar-refractivity contribution >= 4 is 5.97 Å². The average molecular weight is 308 g/mol. The van der Waals surface area contributed by atoms with Crippen molar-refractivity contribution in [2.75, 3.05) is 7.11 Å². The van der Waals surface area contributed by atoms with Crippen LogP contribution in [0.1, 0.15) is 40.5 Å². The number of hydrogen-bond acceptors (Lipinski definition) is 4. The molecule has 4 nitrogen and oxygen atoms in total. The highest BCUT2D eigenvalue weighted by Gasteiger charge is 2.18. The quantitative estimate of drug-likeness (QED) is 0.597. The summed E-state index contributed by atoms with van der Waals surface area (Å²) < 4.78 is 10.8. The van der Waals surface area contributed by atoms with Crippen LogP contribution in [0.15, 0.2) is 36.0 Å². The molecule has 0 bridgehead atoms. The number of ether oxygens (including phenoxy) is 2. The van der Waals surface area contributed by atoms with Gasteiger partial charge in [-0.05, 0) is 51.2 Å². The van der Waals surface area contributed by atoms with E-state index < -0.39 is 11.6 Å². The van der Waals surface area contributed by atoms with Crippen molar-refractivity contribution in [3.63, 3.8) is 0 Å². The van der Waals surface area contributed by atoms with Crippen molar-refractivity contribution in [1.82, 2.24) is 0 Å². The van der Waals surface area contributed by atoms with Crippen LogP contribution in [0.4, 0.5) is 0 Å². The lowest BCUT2D eigenvalue weighted by Gasteiger charge is -2.21. The summed E-state index contributed by atoms with van der Waals surface area (Å²) in [5, 5.41) is 10.3. The molecule has 0 aromatic rings. The minimum absolute atomic E-state index is 0.160. The first kappa shape index (κ1) is 18.7. The lowest BCUT2D eigenvalue weighted by molar-refractivity contribution is -0.144. The molecule has 0 saturated carbocycles. The Kier molecular flexibility index (Phi) is 7.04. The van der Waals surface area contributed by atoms with E-state index in [4.69, 9.17) is 9.47 Å². The van der Waals surface area contributed by atoms with Gasteiger partial charge in [0.1, 0.15) is 6.10 Å². The fourth-order valence-electron chi connectivity index (χ4n) is 2.25. The third kappa shape index (κ3) is 6.16. The predicted molar refractivity (Wildman–Crippen MR) is 87.4 cm³/mol. The molecule has 4 atom stereocenters. The van der Waals surface area contributed by atoms with Crippen LogP contribution in [0.2, 0.25) is 0 Å². The Morgan fingerprint density at radius 2 is 2.05 bits per heavy atom. The standard InChI is InChI=1S/C18H28O4/c1-13-7-6-8-14(2)16(21-5)9-11-18(4,20)12-10-17(19)22-15(13)3/h8-13,15-16,20H,6-7H2,1-5H3/b11-9-,12-10-,14-8-/t13-,15+,16-,18+/m0/s1. The maximum absolute atomic E-state index is 11.8. The van der Waals surface area contributed by atoms with Gasteiger partial charge >= 0.3 is 5.97 Å². The van der Waals surface area contributed by atoms with Gasteiger partial charge in [-0.3, -0.25) is 0 Å². The van der Waals surface area contributed by atoms with E-state index >= 15 is 0 Å². The number of allylic oxidation sites excluding steroid dienone is 1. The molecule has 124 valence electrons. The van der Waals surface area contributed by atoms with E-state index in [1.165, 1.54) is 12.2 Å². The molecular weight excluding hydrogens is 280 g/mol. The third-order valence-electron chi connectivity index (χ3n) is 4.06. The average Bonchev–Trinajstić information content (AvgIpc) is 2.44. The number of rotatable bonds is 1. The van der Waals surface area contributed by atoms with Gasteiger partial charge in [-0.25, -0.2) is 4.79 Å². The van der Waals surface area contributed by atoms with Crippen LogP contribution in [-0.4, -0.2) is 36.0 Å². The van der Waals surface area contributed by atoms with Crippen molar-refractivity contribution < 1.29 is 19.4 Å². The molecular formula is C18H28O4. The van der Waals surface area contributed by atoms with Crippen molar-refractivity contribution in [2.45, 2.75) is 58.3 Å². The Morgan fingerprint density at radius 3 is 2.68 bits per heavy atom. The predicted octanol–water partition coefficient (Wildman–Crippen LogP) is 3.17. The number of carbonyl (C=O) groups excluding carboxylic acids is 1. The van der Waals surface area contributed by atoms with Crippen LogP contribution in [0.3, 0.4) is 0 Å².